The number of halogens is 3. The van der Waals surface area contributed by atoms with Gasteiger partial charge in [-0.2, -0.15) is 13.2 Å². The van der Waals surface area contributed by atoms with E-state index in [2.05, 4.69) is 4.90 Å². The van der Waals surface area contributed by atoms with Gasteiger partial charge < -0.3 is 19.8 Å². The Hall–Kier alpha value is -2.33. The van der Waals surface area contributed by atoms with Crippen molar-refractivity contribution in [3.8, 4) is 5.75 Å². The number of carbonyl (C=O) groups excluding carboxylic acids is 1. The molecule has 174 valence electrons. The first-order valence-corrected chi connectivity index (χ1v) is 10.2. The third-order valence-corrected chi connectivity index (χ3v) is 5.87. The summed E-state index contributed by atoms with van der Waals surface area (Å²) in [4.78, 5) is 26.2. The van der Waals surface area contributed by atoms with E-state index in [1.165, 1.54) is 12.8 Å². The van der Waals surface area contributed by atoms with E-state index in [1.54, 1.807) is 31.4 Å². The Morgan fingerprint density at radius 2 is 1.65 bits per heavy atom. The molecule has 1 aromatic rings. The van der Waals surface area contributed by atoms with Crippen molar-refractivity contribution in [2.45, 2.75) is 43.8 Å². The Morgan fingerprint density at radius 1 is 1.06 bits per heavy atom. The van der Waals surface area contributed by atoms with Crippen molar-refractivity contribution in [2.75, 3.05) is 39.9 Å². The van der Waals surface area contributed by atoms with Crippen LogP contribution in [0, 0.1) is 0 Å². The lowest BCUT2D eigenvalue weighted by Crippen LogP contribution is -2.46. The van der Waals surface area contributed by atoms with Crippen molar-refractivity contribution in [1.29, 1.82) is 0 Å². The number of ether oxygens (including phenoxy) is 1. The number of phenols is 1. The predicted octanol–water partition coefficient (Wildman–Crippen LogP) is 3.13. The van der Waals surface area contributed by atoms with Gasteiger partial charge >= 0.3 is 12.1 Å². The molecule has 7 nitrogen and oxygen atoms in total. The van der Waals surface area contributed by atoms with Gasteiger partial charge in [0.25, 0.3) is 5.91 Å². The summed E-state index contributed by atoms with van der Waals surface area (Å²) in [6.07, 6.45) is 0.650. The highest BCUT2D eigenvalue weighted by Crippen LogP contribution is 2.38. The van der Waals surface area contributed by atoms with Gasteiger partial charge in [-0.05, 0) is 62.9 Å². The van der Waals surface area contributed by atoms with Crippen LogP contribution in [0.25, 0.3) is 0 Å². The number of amides is 1. The maximum absolute atomic E-state index is 12.7. The van der Waals surface area contributed by atoms with E-state index < -0.39 is 12.1 Å². The van der Waals surface area contributed by atoms with Crippen LogP contribution < -0.4 is 0 Å². The van der Waals surface area contributed by atoms with E-state index in [9.17, 15) is 23.1 Å². The number of benzene rings is 1. The van der Waals surface area contributed by atoms with Gasteiger partial charge in [0.15, 0.2) is 0 Å². The zero-order valence-corrected chi connectivity index (χ0v) is 17.5. The summed E-state index contributed by atoms with van der Waals surface area (Å²) >= 11 is 0. The lowest BCUT2D eigenvalue weighted by atomic mass is 9.88. The van der Waals surface area contributed by atoms with Crippen LogP contribution in [0.3, 0.4) is 0 Å². The van der Waals surface area contributed by atoms with Crippen LogP contribution in [0.4, 0.5) is 13.2 Å². The predicted molar refractivity (Wildman–Crippen MR) is 107 cm³/mol. The van der Waals surface area contributed by atoms with Crippen LogP contribution in [-0.2, 0) is 9.53 Å². The number of nitrogens with zero attached hydrogens (tertiary/aromatic N) is 2. The molecule has 1 amide bonds. The molecule has 2 aliphatic heterocycles. The summed E-state index contributed by atoms with van der Waals surface area (Å²) < 4.78 is 37.0. The molecular formula is C21H29F3N2O5. The second-order valence-electron chi connectivity index (χ2n) is 7.80. The molecular weight excluding hydrogens is 417 g/mol. The fourth-order valence-corrected chi connectivity index (χ4v) is 4.28. The van der Waals surface area contributed by atoms with E-state index >= 15 is 0 Å². The van der Waals surface area contributed by atoms with Gasteiger partial charge in [-0.25, -0.2) is 4.79 Å². The standard InChI is InChI=1S/C19H28N2O3.C2HF3O2/c1-24-15-14-21-12-3-9-19(21)8-2-11-20(13-10-19)18(23)16-4-6-17(22)7-5-16;3-2(4,5)1(6)7/h4-7,22H,2-3,8-15H2,1H3;(H,6,7). The quantitative estimate of drug-likeness (QED) is 0.739. The zero-order valence-electron chi connectivity index (χ0n) is 17.5. The number of aliphatic carboxylic acids is 1. The summed E-state index contributed by atoms with van der Waals surface area (Å²) in [5.74, 6) is -2.48. The third kappa shape index (κ3) is 6.83. The Balaban J connectivity index is 0.000000423. The van der Waals surface area contributed by atoms with Gasteiger partial charge in [0.2, 0.25) is 0 Å². The van der Waals surface area contributed by atoms with Crippen LogP contribution in [0.15, 0.2) is 24.3 Å². The molecule has 2 fully saturated rings. The molecule has 2 aliphatic rings. The average molecular weight is 446 g/mol. The van der Waals surface area contributed by atoms with Gasteiger partial charge in [0.05, 0.1) is 6.61 Å². The van der Waals surface area contributed by atoms with Crippen LogP contribution in [0.5, 0.6) is 5.75 Å². The van der Waals surface area contributed by atoms with Gasteiger partial charge in [-0.15, -0.1) is 0 Å². The van der Waals surface area contributed by atoms with Crippen molar-refractivity contribution in [2.24, 2.45) is 0 Å². The SMILES string of the molecule is COCCN1CCCC12CCCN(C(=O)c1ccc(O)cc1)CC2.O=C(O)C(F)(F)F. The number of hydrogen-bond donors (Lipinski definition) is 2. The molecule has 0 bridgehead atoms. The van der Waals surface area contributed by atoms with E-state index in [1.807, 2.05) is 4.90 Å². The molecule has 2 saturated heterocycles. The highest BCUT2D eigenvalue weighted by atomic mass is 19.4. The average Bonchev–Trinajstić information content (AvgIpc) is 2.97. The summed E-state index contributed by atoms with van der Waals surface area (Å²) in [5, 5.41) is 16.5. The van der Waals surface area contributed by atoms with Crippen LogP contribution >= 0.6 is 0 Å². The number of aromatic hydroxyl groups is 1. The van der Waals surface area contributed by atoms with Crippen LogP contribution in [0.2, 0.25) is 0 Å². The maximum atomic E-state index is 12.7. The molecule has 3 rings (SSSR count). The molecule has 31 heavy (non-hydrogen) atoms. The first-order valence-electron chi connectivity index (χ1n) is 10.2. The van der Waals surface area contributed by atoms with Crippen molar-refractivity contribution in [3.63, 3.8) is 0 Å². The number of carboxylic acid groups (broad SMARTS) is 1. The summed E-state index contributed by atoms with van der Waals surface area (Å²) in [7, 11) is 1.76. The van der Waals surface area contributed by atoms with Crippen LogP contribution in [0.1, 0.15) is 42.5 Å². The minimum absolute atomic E-state index is 0.0773. The van der Waals surface area contributed by atoms with Gasteiger partial charge in [-0.1, -0.05) is 0 Å². The number of rotatable bonds is 4. The lowest BCUT2D eigenvalue weighted by Gasteiger charge is -2.38. The van der Waals surface area contributed by atoms with E-state index in [4.69, 9.17) is 14.6 Å². The van der Waals surface area contributed by atoms with Crippen molar-refractivity contribution in [3.05, 3.63) is 29.8 Å². The number of phenolic OH excluding ortho intramolecular Hbond substituents is 1. The van der Waals surface area contributed by atoms with Gasteiger partial charge in [0, 0.05) is 37.8 Å². The number of carbonyl (C=O) groups is 2. The molecule has 2 N–H and O–H groups in total. The molecule has 0 saturated carbocycles. The number of hydrogen-bond acceptors (Lipinski definition) is 5. The number of alkyl halides is 3. The molecule has 1 unspecified atom stereocenters. The number of carboxylic acids is 1. The Morgan fingerprint density at radius 3 is 2.19 bits per heavy atom. The smallest absolute Gasteiger partial charge is 0.490 e. The summed E-state index contributed by atoms with van der Waals surface area (Å²) in [6, 6.07) is 6.57. The molecule has 0 aliphatic carbocycles. The zero-order chi connectivity index (χ0) is 23.1. The molecule has 1 spiro atoms. The largest absolute Gasteiger partial charge is 0.508 e. The molecule has 1 aromatic carbocycles. The highest BCUT2D eigenvalue weighted by molar-refractivity contribution is 5.94. The fraction of sp³-hybridized carbons (Fsp3) is 0.619. The lowest BCUT2D eigenvalue weighted by molar-refractivity contribution is -0.192. The van der Waals surface area contributed by atoms with E-state index in [0.717, 1.165) is 52.0 Å². The second kappa shape index (κ2) is 10.8. The maximum Gasteiger partial charge on any atom is 0.490 e. The molecule has 2 heterocycles. The first-order chi connectivity index (χ1) is 14.6. The van der Waals surface area contributed by atoms with Crippen molar-refractivity contribution >= 4 is 11.9 Å². The minimum atomic E-state index is -5.08. The Labute approximate surface area is 179 Å². The van der Waals surface area contributed by atoms with E-state index in [0.29, 0.717) is 5.56 Å². The molecule has 0 radical (unpaired) electrons. The molecule has 10 heteroatoms. The summed E-state index contributed by atoms with van der Waals surface area (Å²) in [5.41, 5.74) is 0.911. The number of methoxy groups -OCH3 is 1. The molecule has 0 aromatic heterocycles. The first kappa shape index (κ1) is 24.9. The van der Waals surface area contributed by atoms with Gasteiger partial charge in [-0.3, -0.25) is 9.69 Å². The second-order valence-corrected chi connectivity index (χ2v) is 7.80. The normalized spacial score (nSPS) is 22.0. The summed E-state index contributed by atoms with van der Waals surface area (Å²) in [6.45, 7) is 4.54. The van der Waals surface area contributed by atoms with Crippen molar-refractivity contribution in [1.82, 2.24) is 9.80 Å². The van der Waals surface area contributed by atoms with E-state index in [-0.39, 0.29) is 17.2 Å². The Bertz CT molecular complexity index is 742. The Kier molecular flexibility index (Phi) is 8.69. The molecule has 1 atom stereocenters. The highest BCUT2D eigenvalue weighted by Gasteiger charge is 2.42. The fourth-order valence-electron chi connectivity index (χ4n) is 4.28. The van der Waals surface area contributed by atoms with Gasteiger partial charge in [0.1, 0.15) is 5.75 Å². The monoisotopic (exact) mass is 446 g/mol. The number of likely N-dealkylation sites (tertiary alicyclic amines) is 2. The topological polar surface area (TPSA) is 90.3 Å². The van der Waals surface area contributed by atoms with Crippen LogP contribution in [-0.4, -0.2) is 83.5 Å². The van der Waals surface area contributed by atoms with Crippen molar-refractivity contribution < 1.29 is 37.7 Å². The minimum Gasteiger partial charge on any atom is -0.508 e. The third-order valence-electron chi connectivity index (χ3n) is 5.87.